The van der Waals surface area contributed by atoms with Gasteiger partial charge >= 0.3 is 0 Å². The van der Waals surface area contributed by atoms with Crippen molar-refractivity contribution in [2.75, 3.05) is 30.9 Å². The van der Waals surface area contributed by atoms with E-state index < -0.39 is 0 Å². The third kappa shape index (κ3) is 2.72. The van der Waals surface area contributed by atoms with Crippen LogP contribution in [0.1, 0.15) is 11.6 Å². The Balaban J connectivity index is 1.91. The van der Waals surface area contributed by atoms with Gasteiger partial charge in [-0.3, -0.25) is 0 Å². The monoisotopic (exact) mass is 304 g/mol. The van der Waals surface area contributed by atoms with Crippen LogP contribution < -0.4 is 15.0 Å². The molecule has 0 aromatic heterocycles. The van der Waals surface area contributed by atoms with Crippen molar-refractivity contribution in [3.05, 3.63) is 47.0 Å². The number of nitrogens with one attached hydrogen (secondary N) is 1. The second-order valence-electron chi connectivity index (χ2n) is 5.29. The first-order valence-corrected chi connectivity index (χ1v) is 7.11. The van der Waals surface area contributed by atoms with Crippen molar-refractivity contribution in [1.82, 2.24) is 0 Å². The number of nitrogens with zero attached hydrogens (tertiary/aromatic N) is 1. The van der Waals surface area contributed by atoms with Crippen LogP contribution in [0.25, 0.3) is 0 Å². The quantitative estimate of drug-likeness (QED) is 0.908. The number of anilines is 2. The fourth-order valence-corrected chi connectivity index (χ4v) is 2.69. The van der Waals surface area contributed by atoms with Gasteiger partial charge in [0.2, 0.25) is 0 Å². The average molecular weight is 305 g/mol. The van der Waals surface area contributed by atoms with E-state index in [-0.39, 0.29) is 11.8 Å². The molecule has 1 atom stereocenters. The van der Waals surface area contributed by atoms with Gasteiger partial charge in [-0.05, 0) is 30.3 Å². The van der Waals surface area contributed by atoms with Crippen molar-refractivity contribution in [2.24, 2.45) is 0 Å². The average Bonchev–Trinajstić information content (AvgIpc) is 2.81. The first-order valence-electron chi connectivity index (χ1n) is 6.74. The predicted octanol–water partition coefficient (Wildman–Crippen LogP) is 3.66. The van der Waals surface area contributed by atoms with E-state index in [9.17, 15) is 5.11 Å². The van der Waals surface area contributed by atoms with Gasteiger partial charge in [-0.15, -0.1) is 0 Å². The van der Waals surface area contributed by atoms with Crippen molar-refractivity contribution in [3.63, 3.8) is 0 Å². The van der Waals surface area contributed by atoms with E-state index in [0.29, 0.717) is 11.6 Å². The number of phenols is 1. The molecule has 2 N–H and O–H groups in total. The molecule has 1 aliphatic heterocycles. The minimum absolute atomic E-state index is 0.0396. The Bertz CT molecular complexity index is 673. The molecule has 1 unspecified atom stereocenters. The van der Waals surface area contributed by atoms with E-state index in [0.717, 1.165) is 22.7 Å². The van der Waals surface area contributed by atoms with Crippen molar-refractivity contribution < 1.29 is 9.84 Å². The fourth-order valence-electron chi connectivity index (χ4n) is 2.52. The second-order valence-corrected chi connectivity index (χ2v) is 5.72. The highest BCUT2D eigenvalue weighted by Crippen LogP contribution is 2.38. The van der Waals surface area contributed by atoms with Crippen molar-refractivity contribution in [3.8, 4) is 11.5 Å². The zero-order chi connectivity index (χ0) is 15.0. The summed E-state index contributed by atoms with van der Waals surface area (Å²) >= 11 is 6.11. The smallest absolute Gasteiger partial charge is 0.128 e. The summed E-state index contributed by atoms with van der Waals surface area (Å²) in [5, 5.41) is 13.7. The van der Waals surface area contributed by atoms with Crippen LogP contribution in [0.5, 0.6) is 11.5 Å². The van der Waals surface area contributed by atoms with Crippen LogP contribution in [0.3, 0.4) is 0 Å². The summed E-state index contributed by atoms with van der Waals surface area (Å²) in [6, 6.07) is 11.0. The van der Waals surface area contributed by atoms with Crippen LogP contribution in [-0.2, 0) is 0 Å². The Kier molecular flexibility index (Phi) is 3.55. The summed E-state index contributed by atoms with van der Waals surface area (Å²) in [5.74, 6) is 0.937. The van der Waals surface area contributed by atoms with Gasteiger partial charge in [0.15, 0.2) is 0 Å². The van der Waals surface area contributed by atoms with Crippen molar-refractivity contribution in [1.29, 1.82) is 0 Å². The van der Waals surface area contributed by atoms with Gasteiger partial charge < -0.3 is 20.1 Å². The van der Waals surface area contributed by atoms with Gasteiger partial charge in [-0.25, -0.2) is 0 Å². The standard InChI is InChI=1S/C16H17ClN2O2/c1-19(2)15-6-3-10(17)7-13(15)18-14-9-21-16-8-11(20)4-5-12(14)16/h3-8,14,18,20H,9H2,1-2H3. The molecule has 21 heavy (non-hydrogen) atoms. The SMILES string of the molecule is CN(C)c1ccc(Cl)cc1NC1COc2cc(O)ccc21. The molecule has 0 fully saturated rings. The first-order chi connectivity index (χ1) is 10.0. The van der Waals surface area contributed by atoms with E-state index in [2.05, 4.69) is 5.32 Å². The molecule has 0 aliphatic carbocycles. The van der Waals surface area contributed by atoms with Crippen LogP contribution in [-0.4, -0.2) is 25.8 Å². The maximum atomic E-state index is 9.50. The van der Waals surface area contributed by atoms with Gasteiger partial charge in [0.1, 0.15) is 18.1 Å². The molecule has 0 amide bonds. The summed E-state index contributed by atoms with van der Waals surface area (Å²) < 4.78 is 5.63. The number of phenolic OH excluding ortho intramolecular Hbond substituents is 1. The topological polar surface area (TPSA) is 44.7 Å². The zero-order valence-electron chi connectivity index (χ0n) is 11.9. The van der Waals surface area contributed by atoms with Crippen LogP contribution in [0.2, 0.25) is 5.02 Å². The van der Waals surface area contributed by atoms with Crippen LogP contribution >= 0.6 is 11.6 Å². The number of benzene rings is 2. The van der Waals surface area contributed by atoms with E-state index in [1.807, 2.05) is 43.3 Å². The maximum Gasteiger partial charge on any atom is 0.128 e. The number of ether oxygens (including phenoxy) is 1. The van der Waals surface area contributed by atoms with Crippen LogP contribution in [0, 0.1) is 0 Å². The molecule has 5 heteroatoms. The van der Waals surface area contributed by atoms with E-state index in [1.165, 1.54) is 0 Å². The minimum atomic E-state index is 0.0396. The van der Waals surface area contributed by atoms with Gasteiger partial charge in [0.05, 0.1) is 17.4 Å². The molecule has 0 saturated carbocycles. The summed E-state index contributed by atoms with van der Waals surface area (Å²) in [4.78, 5) is 2.03. The molecule has 1 heterocycles. The van der Waals surface area contributed by atoms with E-state index in [1.54, 1.807) is 12.1 Å². The Morgan fingerprint density at radius 3 is 2.81 bits per heavy atom. The molecule has 3 rings (SSSR count). The molecule has 2 aromatic rings. The van der Waals surface area contributed by atoms with Crippen LogP contribution in [0.15, 0.2) is 36.4 Å². The Labute approximate surface area is 128 Å². The third-order valence-electron chi connectivity index (χ3n) is 3.55. The highest BCUT2D eigenvalue weighted by atomic mass is 35.5. The van der Waals surface area contributed by atoms with Gasteiger partial charge in [0.25, 0.3) is 0 Å². The normalized spacial score (nSPS) is 16.2. The van der Waals surface area contributed by atoms with E-state index in [4.69, 9.17) is 16.3 Å². The van der Waals surface area contributed by atoms with Gasteiger partial charge in [0, 0.05) is 30.7 Å². The lowest BCUT2D eigenvalue weighted by Gasteiger charge is -2.21. The molecule has 0 radical (unpaired) electrons. The number of rotatable bonds is 3. The molecule has 1 aliphatic rings. The van der Waals surface area contributed by atoms with Crippen molar-refractivity contribution >= 4 is 23.0 Å². The summed E-state index contributed by atoms with van der Waals surface area (Å²) in [7, 11) is 3.98. The zero-order valence-corrected chi connectivity index (χ0v) is 12.7. The summed E-state index contributed by atoms with van der Waals surface area (Å²) in [6.07, 6.45) is 0. The van der Waals surface area contributed by atoms with Crippen LogP contribution in [0.4, 0.5) is 11.4 Å². The third-order valence-corrected chi connectivity index (χ3v) is 3.78. The molecule has 0 spiro atoms. The molecule has 4 nitrogen and oxygen atoms in total. The molecular weight excluding hydrogens is 288 g/mol. The highest BCUT2D eigenvalue weighted by molar-refractivity contribution is 6.31. The number of fused-ring (bicyclic) bond motifs is 1. The molecule has 2 aromatic carbocycles. The first kappa shape index (κ1) is 13.9. The maximum absolute atomic E-state index is 9.50. The second kappa shape index (κ2) is 5.37. The summed E-state index contributed by atoms with van der Waals surface area (Å²) in [6.45, 7) is 0.526. The Morgan fingerprint density at radius 1 is 1.24 bits per heavy atom. The number of aromatic hydroxyl groups is 1. The lowest BCUT2D eigenvalue weighted by atomic mass is 10.1. The predicted molar refractivity (Wildman–Crippen MR) is 85.7 cm³/mol. The largest absolute Gasteiger partial charge is 0.508 e. The molecule has 110 valence electrons. The summed E-state index contributed by atoms with van der Waals surface area (Å²) in [5.41, 5.74) is 3.06. The number of hydrogen-bond acceptors (Lipinski definition) is 4. The van der Waals surface area contributed by atoms with Gasteiger partial charge in [-0.2, -0.15) is 0 Å². The minimum Gasteiger partial charge on any atom is -0.508 e. The molecule has 0 bridgehead atoms. The van der Waals surface area contributed by atoms with E-state index >= 15 is 0 Å². The van der Waals surface area contributed by atoms with Crippen molar-refractivity contribution in [2.45, 2.75) is 6.04 Å². The number of hydrogen-bond donors (Lipinski definition) is 2. The molecular formula is C16H17ClN2O2. The lowest BCUT2D eigenvalue weighted by molar-refractivity contribution is 0.338. The highest BCUT2D eigenvalue weighted by Gasteiger charge is 2.25. The lowest BCUT2D eigenvalue weighted by Crippen LogP contribution is -2.16. The Hall–Kier alpha value is -2.07. The molecule has 0 saturated heterocycles. The van der Waals surface area contributed by atoms with Gasteiger partial charge in [-0.1, -0.05) is 11.6 Å². The fraction of sp³-hybridized carbons (Fsp3) is 0.250. The Morgan fingerprint density at radius 2 is 2.05 bits per heavy atom. The number of halogens is 1.